The van der Waals surface area contributed by atoms with E-state index in [9.17, 15) is 0 Å². The van der Waals surface area contributed by atoms with Crippen molar-refractivity contribution in [2.45, 2.75) is 50.7 Å². The highest BCUT2D eigenvalue weighted by atomic mass is 79.9. The number of thiophene rings is 1. The van der Waals surface area contributed by atoms with Crippen LogP contribution in [0.1, 0.15) is 37.0 Å². The lowest BCUT2D eigenvalue weighted by Gasteiger charge is -2.39. The molecule has 2 atom stereocenters. The Kier molecular flexibility index (Phi) is 4.39. The summed E-state index contributed by atoms with van der Waals surface area (Å²) in [5, 5.41) is 5.89. The zero-order chi connectivity index (χ0) is 12.4. The lowest BCUT2D eigenvalue weighted by Crippen LogP contribution is -2.49. The van der Waals surface area contributed by atoms with Crippen LogP contribution in [0.25, 0.3) is 0 Å². The molecule has 3 heterocycles. The van der Waals surface area contributed by atoms with Crippen molar-refractivity contribution >= 4 is 27.3 Å². The SMILES string of the molecule is Brc1ccsc1CN1CCCCC1C1CCCN1. The van der Waals surface area contributed by atoms with Gasteiger partial charge in [0.15, 0.2) is 0 Å². The Balaban J connectivity index is 1.69. The van der Waals surface area contributed by atoms with E-state index >= 15 is 0 Å². The normalized spacial score (nSPS) is 29.8. The molecule has 1 aromatic heterocycles. The van der Waals surface area contributed by atoms with Gasteiger partial charge in [0.1, 0.15) is 0 Å². The van der Waals surface area contributed by atoms with Gasteiger partial charge in [0.05, 0.1) is 0 Å². The molecule has 100 valence electrons. The molecule has 0 bridgehead atoms. The third-order valence-corrected chi connectivity index (χ3v) is 6.18. The largest absolute Gasteiger partial charge is 0.312 e. The van der Waals surface area contributed by atoms with Gasteiger partial charge in [0, 0.05) is 28.0 Å². The first-order valence-electron chi connectivity index (χ1n) is 7.04. The molecule has 2 aliphatic heterocycles. The van der Waals surface area contributed by atoms with Crippen LogP contribution < -0.4 is 5.32 Å². The van der Waals surface area contributed by atoms with Crippen molar-refractivity contribution in [2.75, 3.05) is 13.1 Å². The molecule has 0 saturated carbocycles. The third-order valence-electron chi connectivity index (χ3n) is 4.26. The highest BCUT2D eigenvalue weighted by Crippen LogP contribution is 2.29. The number of hydrogen-bond acceptors (Lipinski definition) is 3. The van der Waals surface area contributed by atoms with E-state index in [0.29, 0.717) is 0 Å². The minimum absolute atomic E-state index is 0.740. The molecule has 2 unspecified atom stereocenters. The predicted molar refractivity (Wildman–Crippen MR) is 81.1 cm³/mol. The van der Waals surface area contributed by atoms with Gasteiger partial charge in [-0.15, -0.1) is 11.3 Å². The predicted octanol–water partition coefficient (Wildman–Crippen LogP) is 3.62. The maximum atomic E-state index is 3.70. The second-order valence-electron chi connectivity index (χ2n) is 5.43. The number of hydrogen-bond donors (Lipinski definition) is 1. The maximum absolute atomic E-state index is 3.70. The van der Waals surface area contributed by atoms with Gasteiger partial charge >= 0.3 is 0 Å². The molecule has 0 spiro atoms. The van der Waals surface area contributed by atoms with E-state index in [1.165, 1.54) is 54.5 Å². The Labute approximate surface area is 122 Å². The fourth-order valence-corrected chi connectivity index (χ4v) is 4.83. The van der Waals surface area contributed by atoms with E-state index in [0.717, 1.165) is 18.6 Å². The van der Waals surface area contributed by atoms with Crippen molar-refractivity contribution < 1.29 is 0 Å². The topological polar surface area (TPSA) is 15.3 Å². The minimum Gasteiger partial charge on any atom is -0.312 e. The van der Waals surface area contributed by atoms with Crippen LogP contribution in [0.5, 0.6) is 0 Å². The number of halogens is 1. The summed E-state index contributed by atoms with van der Waals surface area (Å²) >= 11 is 5.54. The van der Waals surface area contributed by atoms with E-state index in [4.69, 9.17) is 0 Å². The van der Waals surface area contributed by atoms with Crippen molar-refractivity contribution in [1.82, 2.24) is 10.2 Å². The quantitative estimate of drug-likeness (QED) is 0.911. The first kappa shape index (κ1) is 13.1. The summed E-state index contributed by atoms with van der Waals surface area (Å²) in [5.74, 6) is 0. The van der Waals surface area contributed by atoms with Gasteiger partial charge in [-0.2, -0.15) is 0 Å². The number of piperidine rings is 1. The summed E-state index contributed by atoms with van der Waals surface area (Å²) < 4.78 is 1.29. The Morgan fingerprint density at radius 1 is 1.33 bits per heavy atom. The Morgan fingerprint density at radius 2 is 2.28 bits per heavy atom. The highest BCUT2D eigenvalue weighted by molar-refractivity contribution is 9.10. The van der Waals surface area contributed by atoms with Gasteiger partial charge in [0.2, 0.25) is 0 Å². The summed E-state index contributed by atoms with van der Waals surface area (Å²) in [6.07, 6.45) is 6.88. The van der Waals surface area contributed by atoms with Crippen LogP contribution in [0, 0.1) is 0 Å². The molecule has 4 heteroatoms. The second-order valence-corrected chi connectivity index (χ2v) is 7.28. The summed E-state index contributed by atoms with van der Waals surface area (Å²) in [6, 6.07) is 3.67. The van der Waals surface area contributed by atoms with Crippen LogP contribution >= 0.6 is 27.3 Å². The number of rotatable bonds is 3. The number of nitrogens with one attached hydrogen (secondary N) is 1. The molecular weight excluding hydrogens is 308 g/mol. The van der Waals surface area contributed by atoms with E-state index in [2.05, 4.69) is 37.6 Å². The molecule has 1 N–H and O–H groups in total. The fraction of sp³-hybridized carbons (Fsp3) is 0.714. The van der Waals surface area contributed by atoms with E-state index in [1.54, 1.807) is 0 Å². The van der Waals surface area contributed by atoms with Gasteiger partial charge in [-0.3, -0.25) is 4.90 Å². The van der Waals surface area contributed by atoms with Gasteiger partial charge in [-0.25, -0.2) is 0 Å². The zero-order valence-electron chi connectivity index (χ0n) is 10.7. The number of likely N-dealkylation sites (tertiary alicyclic amines) is 1. The molecular formula is C14H21BrN2S. The standard InChI is InChI=1S/C14H21BrN2S/c15-11-6-9-18-14(11)10-17-8-2-1-5-13(17)12-4-3-7-16-12/h6,9,12-13,16H,1-5,7-8,10H2. The molecule has 2 nitrogen and oxygen atoms in total. The van der Waals surface area contributed by atoms with Crippen LogP contribution in [-0.4, -0.2) is 30.1 Å². The average Bonchev–Trinajstić information content (AvgIpc) is 3.03. The van der Waals surface area contributed by atoms with Gasteiger partial charge in [0.25, 0.3) is 0 Å². The molecule has 2 fully saturated rings. The van der Waals surface area contributed by atoms with Gasteiger partial charge in [-0.05, 0) is 66.1 Å². The molecule has 2 saturated heterocycles. The van der Waals surface area contributed by atoms with E-state index < -0.39 is 0 Å². The summed E-state index contributed by atoms with van der Waals surface area (Å²) in [7, 11) is 0. The summed E-state index contributed by atoms with van der Waals surface area (Å²) in [6.45, 7) is 3.62. The molecule has 1 aromatic rings. The van der Waals surface area contributed by atoms with Crippen LogP contribution in [0.2, 0.25) is 0 Å². The zero-order valence-corrected chi connectivity index (χ0v) is 13.1. The minimum atomic E-state index is 0.740. The van der Waals surface area contributed by atoms with E-state index in [-0.39, 0.29) is 0 Å². The fourth-order valence-electron chi connectivity index (χ4n) is 3.33. The van der Waals surface area contributed by atoms with Crippen molar-refractivity contribution in [2.24, 2.45) is 0 Å². The smallest absolute Gasteiger partial charge is 0.0342 e. The molecule has 18 heavy (non-hydrogen) atoms. The molecule has 0 radical (unpaired) electrons. The van der Waals surface area contributed by atoms with Gasteiger partial charge in [-0.1, -0.05) is 6.42 Å². The van der Waals surface area contributed by atoms with Gasteiger partial charge < -0.3 is 5.32 Å². The summed E-state index contributed by atoms with van der Waals surface area (Å²) in [4.78, 5) is 4.20. The Morgan fingerprint density at radius 3 is 3.00 bits per heavy atom. The maximum Gasteiger partial charge on any atom is 0.0342 e. The molecule has 0 aromatic carbocycles. The van der Waals surface area contributed by atoms with Crippen molar-refractivity contribution in [1.29, 1.82) is 0 Å². The number of nitrogens with zero attached hydrogens (tertiary/aromatic N) is 1. The van der Waals surface area contributed by atoms with Crippen molar-refractivity contribution in [3.63, 3.8) is 0 Å². The van der Waals surface area contributed by atoms with Crippen LogP contribution in [0.15, 0.2) is 15.9 Å². The van der Waals surface area contributed by atoms with Crippen LogP contribution in [0.4, 0.5) is 0 Å². The van der Waals surface area contributed by atoms with Crippen molar-refractivity contribution in [3.8, 4) is 0 Å². The third kappa shape index (κ3) is 2.82. The van der Waals surface area contributed by atoms with Crippen LogP contribution in [0.3, 0.4) is 0 Å². The summed E-state index contributed by atoms with van der Waals surface area (Å²) in [5.41, 5.74) is 0. The average molecular weight is 329 g/mol. The molecule has 0 amide bonds. The second kappa shape index (κ2) is 6.04. The molecule has 0 aliphatic carbocycles. The lowest BCUT2D eigenvalue weighted by atomic mass is 9.94. The lowest BCUT2D eigenvalue weighted by molar-refractivity contribution is 0.113. The van der Waals surface area contributed by atoms with Crippen LogP contribution in [-0.2, 0) is 6.54 Å². The first-order valence-corrected chi connectivity index (χ1v) is 8.71. The first-order chi connectivity index (χ1) is 8.84. The monoisotopic (exact) mass is 328 g/mol. The van der Waals surface area contributed by atoms with E-state index in [1.807, 2.05) is 11.3 Å². The van der Waals surface area contributed by atoms with Crippen molar-refractivity contribution in [3.05, 3.63) is 20.8 Å². The Hall–Kier alpha value is 0.1000. The molecule has 3 rings (SSSR count). The Bertz CT molecular complexity index is 387. The highest BCUT2D eigenvalue weighted by Gasteiger charge is 2.31. The molecule has 2 aliphatic rings.